The molecule has 3 rings (SSSR count). The fourth-order valence-corrected chi connectivity index (χ4v) is 2.89. The zero-order valence-electron chi connectivity index (χ0n) is 7.41. The predicted molar refractivity (Wildman–Crippen MR) is 54.6 cm³/mol. The predicted octanol–water partition coefficient (Wildman–Crippen LogP) is 1.97. The lowest BCUT2D eigenvalue weighted by Crippen LogP contribution is -2.30. The Kier molecular flexibility index (Phi) is 1.43. The van der Waals surface area contributed by atoms with Gasteiger partial charge in [-0.1, -0.05) is 6.07 Å². The molecule has 1 spiro atoms. The van der Waals surface area contributed by atoms with Crippen LogP contribution in [0.25, 0.3) is 0 Å². The van der Waals surface area contributed by atoms with Crippen LogP contribution in [0.3, 0.4) is 0 Å². The summed E-state index contributed by atoms with van der Waals surface area (Å²) in [7, 11) is 0. The number of anilines is 1. The van der Waals surface area contributed by atoms with E-state index in [9.17, 15) is 9.90 Å². The van der Waals surface area contributed by atoms with Gasteiger partial charge < -0.3 is 10.4 Å². The summed E-state index contributed by atoms with van der Waals surface area (Å²) in [5.74, 6) is 0.347. The van der Waals surface area contributed by atoms with Crippen LogP contribution in [-0.4, -0.2) is 15.8 Å². The third kappa shape index (κ3) is 0.973. The van der Waals surface area contributed by atoms with E-state index in [1.165, 1.54) is 11.8 Å². The van der Waals surface area contributed by atoms with Crippen molar-refractivity contribution in [2.75, 3.05) is 5.32 Å². The van der Waals surface area contributed by atoms with E-state index in [1.807, 2.05) is 6.07 Å². The monoisotopic (exact) mass is 207 g/mol. The van der Waals surface area contributed by atoms with Crippen LogP contribution in [0, 0.1) is 0 Å². The molecular formula is C10H9NO2S. The molecule has 3 nitrogen and oxygen atoms in total. The Morgan fingerprint density at radius 3 is 2.93 bits per heavy atom. The normalized spacial score (nSPS) is 21.6. The average Bonchev–Trinajstić information content (AvgIpc) is 2.91. The molecule has 4 heteroatoms. The van der Waals surface area contributed by atoms with Gasteiger partial charge in [-0.05, 0) is 25.0 Å². The van der Waals surface area contributed by atoms with Gasteiger partial charge in [0.1, 0.15) is 5.75 Å². The van der Waals surface area contributed by atoms with Crippen molar-refractivity contribution in [1.82, 2.24) is 0 Å². The van der Waals surface area contributed by atoms with Gasteiger partial charge in [0.2, 0.25) is 5.91 Å². The van der Waals surface area contributed by atoms with E-state index >= 15 is 0 Å². The number of nitrogens with one attached hydrogen (secondary N) is 1. The maximum Gasteiger partial charge on any atom is 0.241 e. The number of carbonyl (C=O) groups is 1. The second-order valence-corrected chi connectivity index (χ2v) is 5.10. The highest BCUT2D eigenvalue weighted by molar-refractivity contribution is 8.02. The Morgan fingerprint density at radius 1 is 1.43 bits per heavy atom. The van der Waals surface area contributed by atoms with Crippen LogP contribution in [0.2, 0.25) is 0 Å². The second-order valence-electron chi connectivity index (χ2n) is 3.70. The number of hydrogen-bond donors (Lipinski definition) is 2. The van der Waals surface area contributed by atoms with E-state index in [0.717, 1.165) is 23.4 Å². The maximum atomic E-state index is 11.6. The van der Waals surface area contributed by atoms with Gasteiger partial charge in [-0.15, -0.1) is 11.8 Å². The van der Waals surface area contributed by atoms with Gasteiger partial charge in [0.15, 0.2) is 0 Å². The number of hydrogen-bond acceptors (Lipinski definition) is 3. The Bertz CT molecular complexity index is 426. The number of aromatic hydroxyl groups is 1. The maximum absolute atomic E-state index is 11.6. The van der Waals surface area contributed by atoms with E-state index in [0.29, 0.717) is 0 Å². The summed E-state index contributed by atoms with van der Waals surface area (Å²) in [6.07, 6.45) is 1.83. The van der Waals surface area contributed by atoms with Gasteiger partial charge in [0.05, 0.1) is 15.3 Å². The van der Waals surface area contributed by atoms with Gasteiger partial charge in [-0.2, -0.15) is 0 Å². The topological polar surface area (TPSA) is 49.3 Å². The summed E-state index contributed by atoms with van der Waals surface area (Å²) in [4.78, 5) is 12.4. The molecule has 0 aromatic heterocycles. The molecule has 2 N–H and O–H groups in total. The first-order valence-electron chi connectivity index (χ1n) is 4.54. The molecule has 14 heavy (non-hydrogen) atoms. The third-order valence-corrected chi connectivity index (χ3v) is 4.28. The van der Waals surface area contributed by atoms with Crippen LogP contribution in [0.5, 0.6) is 5.75 Å². The van der Waals surface area contributed by atoms with Gasteiger partial charge in [0.25, 0.3) is 0 Å². The Hall–Kier alpha value is -1.16. The lowest BCUT2D eigenvalue weighted by Gasteiger charge is -2.23. The molecule has 72 valence electrons. The minimum absolute atomic E-state index is 0.0839. The summed E-state index contributed by atoms with van der Waals surface area (Å²) in [5.41, 5.74) is 0.734. The lowest BCUT2D eigenvalue weighted by atomic mass is 10.2. The molecule has 1 aromatic rings. The molecule has 1 aromatic carbocycles. The number of thioether (sulfide) groups is 1. The van der Waals surface area contributed by atoms with Crippen molar-refractivity contribution < 1.29 is 9.90 Å². The van der Waals surface area contributed by atoms with Crippen LogP contribution in [0.4, 0.5) is 5.69 Å². The molecule has 1 amide bonds. The minimum atomic E-state index is -0.272. The summed E-state index contributed by atoms with van der Waals surface area (Å²) in [6, 6.07) is 5.20. The molecule has 1 aliphatic heterocycles. The first-order chi connectivity index (χ1) is 6.71. The van der Waals surface area contributed by atoms with Crippen molar-refractivity contribution in [2.24, 2.45) is 0 Å². The van der Waals surface area contributed by atoms with Gasteiger partial charge in [-0.3, -0.25) is 4.79 Å². The van der Waals surface area contributed by atoms with Gasteiger partial charge >= 0.3 is 0 Å². The van der Waals surface area contributed by atoms with E-state index in [1.54, 1.807) is 12.1 Å². The molecule has 1 saturated carbocycles. The van der Waals surface area contributed by atoms with Crippen molar-refractivity contribution >= 4 is 23.4 Å². The summed E-state index contributed by atoms with van der Waals surface area (Å²) in [6.45, 7) is 0. The number of fused-ring (bicyclic) bond motifs is 1. The number of carbonyl (C=O) groups excluding carboxylic acids is 1. The highest BCUT2D eigenvalue weighted by Crippen LogP contribution is 2.58. The van der Waals surface area contributed by atoms with Crippen molar-refractivity contribution in [3.05, 3.63) is 18.2 Å². The number of phenolic OH excluding ortho intramolecular Hbond substituents is 1. The fourth-order valence-electron chi connectivity index (χ4n) is 1.65. The molecule has 1 fully saturated rings. The van der Waals surface area contributed by atoms with E-state index in [4.69, 9.17) is 0 Å². The van der Waals surface area contributed by atoms with Crippen LogP contribution < -0.4 is 5.32 Å². The molecule has 0 bridgehead atoms. The van der Waals surface area contributed by atoms with Crippen molar-refractivity contribution in [1.29, 1.82) is 0 Å². The summed E-state index contributed by atoms with van der Waals surface area (Å²) < 4.78 is -0.272. The molecule has 0 saturated heterocycles. The first kappa shape index (κ1) is 8.17. The lowest BCUT2D eigenvalue weighted by molar-refractivity contribution is -0.116. The SMILES string of the molecule is O=C1Nc2cccc(O)c2SC12CC2. The molecule has 0 radical (unpaired) electrons. The zero-order valence-corrected chi connectivity index (χ0v) is 8.23. The van der Waals surface area contributed by atoms with Crippen molar-refractivity contribution in [3.8, 4) is 5.75 Å². The Morgan fingerprint density at radius 2 is 2.21 bits per heavy atom. The van der Waals surface area contributed by atoms with Crippen LogP contribution in [0.1, 0.15) is 12.8 Å². The highest BCUT2D eigenvalue weighted by atomic mass is 32.2. The zero-order chi connectivity index (χ0) is 9.76. The minimum Gasteiger partial charge on any atom is -0.507 e. The van der Waals surface area contributed by atoms with Crippen molar-refractivity contribution in [3.63, 3.8) is 0 Å². The van der Waals surface area contributed by atoms with Crippen molar-refractivity contribution in [2.45, 2.75) is 22.5 Å². The van der Waals surface area contributed by atoms with Crippen LogP contribution in [0.15, 0.2) is 23.1 Å². The Labute approximate surface area is 85.5 Å². The third-order valence-electron chi connectivity index (χ3n) is 2.66. The molecule has 0 atom stereocenters. The number of amides is 1. The van der Waals surface area contributed by atoms with Crippen LogP contribution >= 0.6 is 11.8 Å². The smallest absolute Gasteiger partial charge is 0.241 e. The molecule has 2 aliphatic rings. The van der Waals surface area contributed by atoms with E-state index < -0.39 is 0 Å². The molecular weight excluding hydrogens is 198 g/mol. The number of benzene rings is 1. The Balaban J connectivity index is 2.11. The fraction of sp³-hybridized carbons (Fsp3) is 0.300. The first-order valence-corrected chi connectivity index (χ1v) is 5.35. The number of rotatable bonds is 0. The van der Waals surface area contributed by atoms with E-state index in [-0.39, 0.29) is 16.4 Å². The standard InChI is InChI=1S/C10H9NO2S/c12-7-3-1-2-6-8(7)14-10(4-5-10)9(13)11-6/h1-3,12H,4-5H2,(H,11,13). The van der Waals surface area contributed by atoms with Crippen LogP contribution in [-0.2, 0) is 4.79 Å². The van der Waals surface area contributed by atoms with Gasteiger partial charge in [-0.25, -0.2) is 0 Å². The summed E-state index contributed by atoms with van der Waals surface area (Å²) >= 11 is 1.50. The molecule has 1 aliphatic carbocycles. The second kappa shape index (κ2) is 2.45. The highest BCUT2D eigenvalue weighted by Gasteiger charge is 2.53. The molecule has 1 heterocycles. The largest absolute Gasteiger partial charge is 0.507 e. The van der Waals surface area contributed by atoms with Gasteiger partial charge in [0, 0.05) is 0 Å². The summed E-state index contributed by atoms with van der Waals surface area (Å²) in [5, 5.41) is 12.5. The molecule has 0 unspecified atom stereocenters. The quantitative estimate of drug-likeness (QED) is 0.683. The average molecular weight is 207 g/mol. The van der Waals surface area contributed by atoms with E-state index in [2.05, 4.69) is 5.32 Å². The number of phenols is 1.